The SMILES string of the molecule is C=C.C=C/C=C/C(CC/C(C)=C(\C)CC(=O)OC)NC(=O)c1cc(C(=O)NCc2ccc3c(c2)CN(C(N)=O)CC3)nc2ncnn12. The van der Waals surface area contributed by atoms with E-state index in [-0.39, 0.29) is 42.1 Å². The molecule has 0 spiro atoms. The minimum atomic E-state index is -0.490. The lowest BCUT2D eigenvalue weighted by molar-refractivity contribution is -0.139. The minimum absolute atomic E-state index is 0.00825. The van der Waals surface area contributed by atoms with Gasteiger partial charge < -0.3 is 26.0 Å². The van der Waals surface area contributed by atoms with Crippen molar-refractivity contribution >= 4 is 29.6 Å². The number of rotatable bonds is 12. The van der Waals surface area contributed by atoms with Crippen LogP contribution in [0.2, 0.25) is 0 Å². The Kier molecular flexibility index (Phi) is 13.1. The zero-order valence-electron chi connectivity index (χ0n) is 27.1. The van der Waals surface area contributed by atoms with Crippen LogP contribution in [0.5, 0.6) is 0 Å². The number of nitrogens with one attached hydrogen (secondary N) is 2. The quantitative estimate of drug-likeness (QED) is 0.152. The van der Waals surface area contributed by atoms with Crippen LogP contribution in [0.4, 0.5) is 4.79 Å². The van der Waals surface area contributed by atoms with Crippen molar-refractivity contribution in [3.05, 3.63) is 108 Å². The third-order valence-corrected chi connectivity index (χ3v) is 7.76. The Hall–Kier alpha value is -5.59. The number of ether oxygens (including phenoxy) is 1. The van der Waals surface area contributed by atoms with Gasteiger partial charge in [-0.2, -0.15) is 14.6 Å². The number of nitrogens with two attached hydrogens (primary N) is 1. The first kappa shape index (κ1) is 35.9. The molecule has 1 aliphatic rings. The van der Waals surface area contributed by atoms with Crippen molar-refractivity contribution < 1.29 is 23.9 Å². The van der Waals surface area contributed by atoms with E-state index in [0.717, 1.165) is 27.8 Å². The molecule has 0 saturated carbocycles. The summed E-state index contributed by atoms with van der Waals surface area (Å²) in [5.74, 6) is -1.17. The van der Waals surface area contributed by atoms with Crippen molar-refractivity contribution in [2.75, 3.05) is 13.7 Å². The average molecular weight is 643 g/mol. The summed E-state index contributed by atoms with van der Waals surface area (Å²) < 4.78 is 6.04. The number of urea groups is 1. The number of nitrogens with zero attached hydrogens (tertiary/aromatic N) is 5. The number of esters is 1. The maximum atomic E-state index is 13.5. The van der Waals surface area contributed by atoms with Crippen LogP contribution in [0.15, 0.2) is 79.7 Å². The summed E-state index contributed by atoms with van der Waals surface area (Å²) in [4.78, 5) is 60.0. The van der Waals surface area contributed by atoms with Gasteiger partial charge in [0.1, 0.15) is 17.7 Å². The number of allylic oxidation sites excluding steroid dienone is 3. The highest BCUT2D eigenvalue weighted by molar-refractivity contribution is 5.98. The number of amides is 4. The van der Waals surface area contributed by atoms with E-state index in [4.69, 9.17) is 10.5 Å². The third-order valence-electron chi connectivity index (χ3n) is 7.76. The first-order valence-corrected chi connectivity index (χ1v) is 15.1. The number of methoxy groups -OCH3 is 1. The smallest absolute Gasteiger partial charge is 0.315 e. The third kappa shape index (κ3) is 9.70. The van der Waals surface area contributed by atoms with Crippen molar-refractivity contribution in [2.24, 2.45) is 5.73 Å². The number of carbonyl (C=O) groups is 4. The molecule has 0 aliphatic carbocycles. The summed E-state index contributed by atoms with van der Waals surface area (Å²) in [6.07, 6.45) is 8.54. The molecule has 2 aromatic heterocycles. The van der Waals surface area contributed by atoms with E-state index in [0.29, 0.717) is 32.4 Å². The van der Waals surface area contributed by atoms with E-state index in [1.807, 2.05) is 38.1 Å². The molecule has 47 heavy (non-hydrogen) atoms. The normalized spacial score (nSPS) is 13.5. The lowest BCUT2D eigenvalue weighted by atomic mass is 9.97. The van der Waals surface area contributed by atoms with Crippen molar-refractivity contribution in [2.45, 2.75) is 58.7 Å². The Balaban J connectivity index is 0.00000294. The number of hydrogen-bond donors (Lipinski definition) is 3. The summed E-state index contributed by atoms with van der Waals surface area (Å²) in [5, 5.41) is 9.96. The number of benzene rings is 1. The Morgan fingerprint density at radius 1 is 1.11 bits per heavy atom. The number of hydrogen-bond acceptors (Lipinski definition) is 8. The lowest BCUT2D eigenvalue weighted by Gasteiger charge is -2.27. The fourth-order valence-electron chi connectivity index (χ4n) is 4.97. The van der Waals surface area contributed by atoms with Crippen LogP contribution in [0.3, 0.4) is 0 Å². The lowest BCUT2D eigenvalue weighted by Crippen LogP contribution is -2.39. The molecule has 4 amide bonds. The molecular formula is C34H42N8O5. The molecule has 0 fully saturated rings. The first-order chi connectivity index (χ1) is 22.6. The Bertz CT molecular complexity index is 1690. The van der Waals surface area contributed by atoms with E-state index < -0.39 is 17.8 Å². The fourth-order valence-corrected chi connectivity index (χ4v) is 4.97. The molecule has 0 saturated heterocycles. The average Bonchev–Trinajstić information content (AvgIpc) is 3.57. The van der Waals surface area contributed by atoms with Gasteiger partial charge in [0.25, 0.3) is 17.6 Å². The molecule has 4 N–H and O–H groups in total. The van der Waals surface area contributed by atoms with Crippen molar-refractivity contribution in [3.63, 3.8) is 0 Å². The Labute approximate surface area is 274 Å². The van der Waals surface area contributed by atoms with E-state index in [1.165, 1.54) is 24.0 Å². The van der Waals surface area contributed by atoms with E-state index in [1.54, 1.807) is 17.1 Å². The van der Waals surface area contributed by atoms with Gasteiger partial charge in [-0.05, 0) is 49.8 Å². The van der Waals surface area contributed by atoms with Gasteiger partial charge in [-0.15, -0.1) is 13.2 Å². The summed E-state index contributed by atoms with van der Waals surface area (Å²) in [6, 6.07) is 6.41. The fraction of sp³-hybridized carbons (Fsp3) is 0.324. The molecule has 13 heteroatoms. The topological polar surface area (TPSA) is 174 Å². The van der Waals surface area contributed by atoms with Crippen LogP contribution in [-0.2, 0) is 29.0 Å². The van der Waals surface area contributed by atoms with Gasteiger partial charge >= 0.3 is 12.0 Å². The highest BCUT2D eigenvalue weighted by Crippen LogP contribution is 2.21. The van der Waals surface area contributed by atoms with Gasteiger partial charge in [0.2, 0.25) is 0 Å². The number of primary amides is 1. The van der Waals surface area contributed by atoms with E-state index >= 15 is 0 Å². The Morgan fingerprint density at radius 2 is 1.87 bits per heavy atom. The molecule has 1 aliphatic heterocycles. The molecular weight excluding hydrogens is 600 g/mol. The highest BCUT2D eigenvalue weighted by atomic mass is 16.5. The summed E-state index contributed by atoms with van der Waals surface area (Å²) in [7, 11) is 1.35. The van der Waals surface area contributed by atoms with Gasteiger partial charge in [0, 0.05) is 31.7 Å². The molecule has 1 unspecified atom stereocenters. The summed E-state index contributed by atoms with van der Waals surface area (Å²) in [6.45, 7) is 14.7. The maximum absolute atomic E-state index is 13.5. The van der Waals surface area contributed by atoms with Crippen molar-refractivity contribution in [3.8, 4) is 0 Å². The monoisotopic (exact) mass is 642 g/mol. The molecule has 3 heterocycles. The summed E-state index contributed by atoms with van der Waals surface area (Å²) in [5.41, 5.74) is 10.5. The zero-order valence-corrected chi connectivity index (χ0v) is 27.1. The van der Waals surface area contributed by atoms with Gasteiger partial charge in [-0.25, -0.2) is 9.78 Å². The highest BCUT2D eigenvalue weighted by Gasteiger charge is 2.22. The van der Waals surface area contributed by atoms with E-state index in [9.17, 15) is 19.2 Å². The molecule has 1 aromatic carbocycles. The standard InChI is InChI=1S/C32H38N8O5.C2H4/c1-5-6-7-25(11-8-20(2)21(3)14-28(41)45-4)37-30(43)27-16-26(38-32-35-19-36-40(27)32)29(42)34-17-22-9-10-23-12-13-39(31(33)44)18-24(23)15-22;1-2/h5-7,9-10,15-16,19,25H,1,8,11-14,17-18H2,2-4H3,(H2,33,44)(H,34,42)(H,37,43);1-2H2/b7-6+,21-20+;. The maximum Gasteiger partial charge on any atom is 0.315 e. The second-order valence-electron chi connectivity index (χ2n) is 10.8. The van der Waals surface area contributed by atoms with Crippen LogP contribution in [0, 0.1) is 0 Å². The van der Waals surface area contributed by atoms with Crippen molar-refractivity contribution in [1.29, 1.82) is 0 Å². The van der Waals surface area contributed by atoms with Crippen LogP contribution in [0.25, 0.3) is 5.78 Å². The molecule has 13 nitrogen and oxygen atoms in total. The molecule has 0 radical (unpaired) electrons. The second-order valence-corrected chi connectivity index (χ2v) is 10.8. The largest absolute Gasteiger partial charge is 0.469 e. The molecule has 3 aromatic rings. The number of carbonyl (C=O) groups excluding carboxylic acids is 4. The van der Waals surface area contributed by atoms with Crippen LogP contribution in [0.1, 0.15) is 70.8 Å². The first-order valence-electron chi connectivity index (χ1n) is 15.1. The molecule has 0 bridgehead atoms. The van der Waals surface area contributed by atoms with Gasteiger partial charge in [-0.3, -0.25) is 14.4 Å². The summed E-state index contributed by atoms with van der Waals surface area (Å²) >= 11 is 0. The predicted octanol–water partition coefficient (Wildman–Crippen LogP) is 3.81. The van der Waals surface area contributed by atoms with Gasteiger partial charge in [-0.1, -0.05) is 54.2 Å². The molecule has 4 rings (SSSR count). The van der Waals surface area contributed by atoms with Crippen molar-refractivity contribution in [1.82, 2.24) is 35.1 Å². The van der Waals surface area contributed by atoms with E-state index in [2.05, 4.69) is 45.4 Å². The van der Waals surface area contributed by atoms with Crippen LogP contribution < -0.4 is 16.4 Å². The Morgan fingerprint density at radius 3 is 2.57 bits per heavy atom. The van der Waals surface area contributed by atoms with Gasteiger partial charge in [0.15, 0.2) is 0 Å². The number of fused-ring (bicyclic) bond motifs is 2. The number of aromatic nitrogens is 4. The second kappa shape index (κ2) is 17.2. The van der Waals surface area contributed by atoms with Crippen LogP contribution >= 0.6 is 0 Å². The molecule has 248 valence electrons. The predicted molar refractivity (Wildman–Crippen MR) is 178 cm³/mol. The molecule has 1 atom stereocenters. The zero-order chi connectivity index (χ0) is 34.5. The van der Waals surface area contributed by atoms with Crippen LogP contribution in [-0.4, -0.2) is 68.0 Å². The van der Waals surface area contributed by atoms with Gasteiger partial charge in [0.05, 0.1) is 13.5 Å². The minimum Gasteiger partial charge on any atom is -0.469 e.